The molecule has 4 heteroatoms. The highest BCUT2D eigenvalue weighted by Crippen LogP contribution is 2.14. The van der Waals surface area contributed by atoms with E-state index >= 15 is 0 Å². The van der Waals surface area contributed by atoms with Crippen LogP contribution < -0.4 is 0 Å². The molecule has 1 aromatic carbocycles. The summed E-state index contributed by atoms with van der Waals surface area (Å²) in [7, 11) is 0. The molecule has 1 unspecified atom stereocenters. The van der Waals surface area contributed by atoms with Crippen molar-refractivity contribution in [1.29, 1.82) is 0 Å². The number of phenols is 1. The van der Waals surface area contributed by atoms with Crippen molar-refractivity contribution in [1.82, 2.24) is 5.06 Å². The molecule has 1 aliphatic heterocycles. The molecule has 1 aliphatic rings. The maximum Gasteiger partial charge on any atom is 0.115 e. The van der Waals surface area contributed by atoms with Gasteiger partial charge in [0.25, 0.3) is 0 Å². The van der Waals surface area contributed by atoms with E-state index in [1.807, 2.05) is 12.1 Å². The van der Waals surface area contributed by atoms with Gasteiger partial charge in [0.05, 0.1) is 19.3 Å². The van der Waals surface area contributed by atoms with Crippen LogP contribution in [0.5, 0.6) is 5.75 Å². The van der Waals surface area contributed by atoms with Crippen LogP contribution in [0.2, 0.25) is 0 Å². The number of rotatable bonds is 2. The monoisotopic (exact) mass is 195 g/mol. The molecular weight excluding hydrogens is 182 g/mol. The molecule has 4 nitrogen and oxygen atoms in total. The van der Waals surface area contributed by atoms with Crippen LogP contribution in [-0.4, -0.2) is 34.5 Å². The number of hydrogen-bond donors (Lipinski definition) is 2. The van der Waals surface area contributed by atoms with E-state index in [1.165, 1.54) is 0 Å². The Hall–Kier alpha value is -1.10. The molecule has 0 bridgehead atoms. The van der Waals surface area contributed by atoms with Crippen molar-refractivity contribution in [3.63, 3.8) is 0 Å². The van der Waals surface area contributed by atoms with Crippen molar-refractivity contribution < 1.29 is 15.1 Å². The lowest BCUT2D eigenvalue weighted by Gasteiger charge is -2.13. The fourth-order valence-corrected chi connectivity index (χ4v) is 1.45. The normalized spacial score (nSPS) is 22.8. The van der Waals surface area contributed by atoms with Gasteiger partial charge in [-0.1, -0.05) is 12.1 Å². The summed E-state index contributed by atoms with van der Waals surface area (Å²) >= 11 is 0. The second-order valence-electron chi connectivity index (χ2n) is 3.44. The number of phenolic OH excluding ortho intramolecular Hbond substituents is 1. The predicted octanol–water partition coefficient (Wildman–Crippen LogP) is 0.500. The SMILES string of the molecule is Oc1ccc(CN2CC(O)CO2)cc1. The van der Waals surface area contributed by atoms with Crippen molar-refractivity contribution in [3.8, 4) is 5.75 Å². The second kappa shape index (κ2) is 3.96. The minimum Gasteiger partial charge on any atom is -0.508 e. The summed E-state index contributed by atoms with van der Waals surface area (Å²) in [5.74, 6) is 0.260. The fraction of sp³-hybridized carbons (Fsp3) is 0.400. The lowest BCUT2D eigenvalue weighted by atomic mass is 10.2. The van der Waals surface area contributed by atoms with Gasteiger partial charge in [0.15, 0.2) is 0 Å². The van der Waals surface area contributed by atoms with E-state index in [0.29, 0.717) is 19.7 Å². The minimum absolute atomic E-state index is 0.260. The van der Waals surface area contributed by atoms with Crippen LogP contribution in [0.1, 0.15) is 5.56 Å². The molecule has 0 radical (unpaired) electrons. The molecule has 1 fully saturated rings. The van der Waals surface area contributed by atoms with E-state index in [9.17, 15) is 5.11 Å². The zero-order valence-corrected chi connectivity index (χ0v) is 7.76. The maximum atomic E-state index is 9.22. The Bertz CT molecular complexity index is 299. The van der Waals surface area contributed by atoms with Gasteiger partial charge >= 0.3 is 0 Å². The van der Waals surface area contributed by atoms with Crippen LogP contribution in [0.3, 0.4) is 0 Å². The number of hydrogen-bond acceptors (Lipinski definition) is 4. The van der Waals surface area contributed by atoms with Gasteiger partial charge in [-0.05, 0) is 17.7 Å². The third-order valence-electron chi connectivity index (χ3n) is 2.16. The molecule has 0 aromatic heterocycles. The van der Waals surface area contributed by atoms with Crippen molar-refractivity contribution in [2.24, 2.45) is 0 Å². The molecule has 1 atom stereocenters. The highest BCUT2D eigenvalue weighted by Gasteiger charge is 2.20. The first kappa shape index (κ1) is 9.45. The van der Waals surface area contributed by atoms with Gasteiger partial charge in [-0.2, -0.15) is 5.06 Å². The summed E-state index contributed by atoms with van der Waals surface area (Å²) in [6.45, 7) is 1.55. The number of aromatic hydroxyl groups is 1. The molecule has 0 aliphatic carbocycles. The molecule has 14 heavy (non-hydrogen) atoms. The van der Waals surface area contributed by atoms with E-state index in [4.69, 9.17) is 9.94 Å². The van der Waals surface area contributed by atoms with Gasteiger partial charge in [0, 0.05) is 6.54 Å². The number of benzene rings is 1. The summed E-state index contributed by atoms with van der Waals surface area (Å²) < 4.78 is 0. The van der Waals surface area contributed by atoms with Gasteiger partial charge in [-0.25, -0.2) is 0 Å². The Morgan fingerprint density at radius 2 is 2.07 bits per heavy atom. The molecule has 76 valence electrons. The van der Waals surface area contributed by atoms with Crippen LogP contribution in [0.25, 0.3) is 0 Å². The highest BCUT2D eigenvalue weighted by molar-refractivity contribution is 5.25. The quantitative estimate of drug-likeness (QED) is 0.721. The van der Waals surface area contributed by atoms with E-state index in [1.54, 1.807) is 17.2 Å². The molecule has 2 N–H and O–H groups in total. The average Bonchev–Trinajstić information content (AvgIpc) is 2.56. The average molecular weight is 195 g/mol. The van der Waals surface area contributed by atoms with Crippen molar-refractivity contribution in [2.45, 2.75) is 12.6 Å². The summed E-state index contributed by atoms with van der Waals surface area (Å²) in [6.07, 6.45) is -0.382. The standard InChI is InChI=1S/C10H13NO3/c12-9-3-1-8(2-4-9)5-11-6-10(13)7-14-11/h1-4,10,12-13H,5-7H2. The zero-order valence-electron chi connectivity index (χ0n) is 7.76. The summed E-state index contributed by atoms with van der Waals surface area (Å²) in [5, 5.41) is 20.0. The first-order valence-electron chi connectivity index (χ1n) is 4.58. The largest absolute Gasteiger partial charge is 0.508 e. The molecule has 0 amide bonds. The summed E-state index contributed by atoms with van der Waals surface area (Å²) in [6, 6.07) is 6.95. The fourth-order valence-electron chi connectivity index (χ4n) is 1.45. The van der Waals surface area contributed by atoms with E-state index < -0.39 is 0 Å². The van der Waals surface area contributed by atoms with Gasteiger partial charge in [0.1, 0.15) is 5.75 Å². The smallest absolute Gasteiger partial charge is 0.115 e. The highest BCUT2D eigenvalue weighted by atomic mass is 16.7. The van der Waals surface area contributed by atoms with E-state index in [0.717, 1.165) is 5.56 Å². The molecule has 0 spiro atoms. The third kappa shape index (κ3) is 2.23. The Labute approximate surface area is 82.3 Å². The molecule has 1 saturated heterocycles. The van der Waals surface area contributed by atoms with Crippen LogP contribution in [-0.2, 0) is 11.4 Å². The number of β-amino-alcohol motifs (C(OH)–C–C–N with tert-alkyl or cyclic N) is 1. The summed E-state index contributed by atoms with van der Waals surface area (Å²) in [4.78, 5) is 5.22. The lowest BCUT2D eigenvalue weighted by molar-refractivity contribution is -0.117. The van der Waals surface area contributed by atoms with Gasteiger partial charge < -0.3 is 10.2 Å². The van der Waals surface area contributed by atoms with Crippen molar-refractivity contribution in [2.75, 3.05) is 13.2 Å². The number of hydroxylamine groups is 2. The zero-order chi connectivity index (χ0) is 9.97. The summed E-state index contributed by atoms with van der Waals surface area (Å²) in [5.41, 5.74) is 1.05. The van der Waals surface area contributed by atoms with Gasteiger partial charge in [0.2, 0.25) is 0 Å². The third-order valence-corrected chi connectivity index (χ3v) is 2.16. The Morgan fingerprint density at radius 1 is 1.36 bits per heavy atom. The Morgan fingerprint density at radius 3 is 2.64 bits per heavy atom. The topological polar surface area (TPSA) is 52.9 Å². The molecule has 1 aromatic rings. The van der Waals surface area contributed by atoms with E-state index in [2.05, 4.69) is 0 Å². The molecule has 1 heterocycles. The minimum atomic E-state index is -0.382. The van der Waals surface area contributed by atoms with Crippen LogP contribution in [0.15, 0.2) is 24.3 Å². The lowest BCUT2D eigenvalue weighted by Crippen LogP contribution is -2.20. The first-order valence-corrected chi connectivity index (χ1v) is 4.58. The molecule has 2 rings (SSSR count). The Kier molecular flexibility index (Phi) is 2.67. The van der Waals surface area contributed by atoms with Crippen LogP contribution in [0, 0.1) is 0 Å². The first-order chi connectivity index (χ1) is 6.74. The van der Waals surface area contributed by atoms with Crippen LogP contribution >= 0.6 is 0 Å². The van der Waals surface area contributed by atoms with E-state index in [-0.39, 0.29) is 11.9 Å². The molecular formula is C10H13NO3. The Balaban J connectivity index is 1.94. The maximum absolute atomic E-state index is 9.22. The van der Waals surface area contributed by atoms with Crippen LogP contribution in [0.4, 0.5) is 0 Å². The van der Waals surface area contributed by atoms with Crippen molar-refractivity contribution in [3.05, 3.63) is 29.8 Å². The van der Waals surface area contributed by atoms with Gasteiger partial charge in [-0.3, -0.25) is 4.84 Å². The number of aliphatic hydroxyl groups excluding tert-OH is 1. The second-order valence-corrected chi connectivity index (χ2v) is 3.44. The number of aliphatic hydroxyl groups is 1. The number of nitrogens with zero attached hydrogens (tertiary/aromatic N) is 1. The van der Waals surface area contributed by atoms with Crippen molar-refractivity contribution >= 4 is 0 Å². The van der Waals surface area contributed by atoms with Gasteiger partial charge in [-0.15, -0.1) is 0 Å². The predicted molar refractivity (Wildman–Crippen MR) is 50.5 cm³/mol. The molecule has 0 saturated carbocycles.